The van der Waals surface area contributed by atoms with E-state index >= 15 is 0 Å². The van der Waals surface area contributed by atoms with Gasteiger partial charge in [0.1, 0.15) is 0 Å². The Hall–Kier alpha value is -1.88. The fraction of sp³-hybridized carbons (Fsp3) is 0.231. The predicted octanol–water partition coefficient (Wildman–Crippen LogP) is 2.53. The van der Waals surface area contributed by atoms with Gasteiger partial charge in [-0.3, -0.25) is 4.40 Å². The van der Waals surface area contributed by atoms with Crippen LogP contribution in [0.25, 0.3) is 16.3 Å². The molecule has 0 unspecified atom stereocenters. The predicted molar refractivity (Wildman–Crippen MR) is 72.7 cm³/mol. The van der Waals surface area contributed by atoms with Gasteiger partial charge >= 0.3 is 0 Å². The first-order valence-corrected chi connectivity index (χ1v) is 6.86. The van der Waals surface area contributed by atoms with Crippen LogP contribution in [0, 0.1) is 0 Å². The first kappa shape index (κ1) is 10.1. The van der Waals surface area contributed by atoms with Crippen LogP contribution >= 0.6 is 11.3 Å². The molecule has 0 aliphatic heterocycles. The minimum Gasteiger partial charge on any atom is -0.399 e. The zero-order chi connectivity index (χ0) is 12.1. The van der Waals surface area contributed by atoms with Gasteiger partial charge < -0.3 is 5.73 Å². The van der Waals surface area contributed by atoms with Crippen molar-refractivity contribution in [3.63, 3.8) is 0 Å². The number of anilines is 1. The summed E-state index contributed by atoms with van der Waals surface area (Å²) in [5.41, 5.74) is 9.03. The van der Waals surface area contributed by atoms with E-state index in [1.165, 1.54) is 23.4 Å². The van der Waals surface area contributed by atoms with Gasteiger partial charge in [-0.1, -0.05) is 23.5 Å². The number of hydrogen-bond acceptors (Lipinski definition) is 4. The second-order valence-electron chi connectivity index (χ2n) is 4.59. The van der Waals surface area contributed by atoms with Crippen LogP contribution in [0.1, 0.15) is 17.0 Å². The number of benzene rings is 1. The van der Waals surface area contributed by atoms with Gasteiger partial charge in [0, 0.05) is 21.8 Å². The van der Waals surface area contributed by atoms with Crippen molar-refractivity contribution < 1.29 is 0 Å². The number of nitrogen functional groups attached to an aromatic ring is 1. The largest absolute Gasteiger partial charge is 0.399 e. The summed E-state index contributed by atoms with van der Waals surface area (Å²) >= 11 is 1.76. The molecule has 4 rings (SSSR count). The van der Waals surface area contributed by atoms with E-state index in [1.54, 1.807) is 11.3 Å². The van der Waals surface area contributed by atoms with E-state index in [-0.39, 0.29) is 0 Å². The first-order chi connectivity index (χ1) is 8.83. The lowest BCUT2D eigenvalue weighted by Crippen LogP contribution is -1.94. The molecule has 0 amide bonds. The summed E-state index contributed by atoms with van der Waals surface area (Å²) in [7, 11) is 0. The average molecular weight is 256 g/mol. The summed E-state index contributed by atoms with van der Waals surface area (Å²) in [6.45, 7) is 0. The molecule has 0 saturated heterocycles. The molecule has 0 radical (unpaired) electrons. The molecule has 0 saturated carbocycles. The number of nitrogens with zero attached hydrogens (tertiary/aromatic N) is 3. The number of nitrogens with two attached hydrogens (primary N) is 1. The van der Waals surface area contributed by atoms with Crippen molar-refractivity contribution in [1.82, 2.24) is 14.6 Å². The highest BCUT2D eigenvalue weighted by atomic mass is 32.1. The van der Waals surface area contributed by atoms with Crippen LogP contribution in [-0.2, 0) is 12.8 Å². The number of thiazole rings is 1. The summed E-state index contributed by atoms with van der Waals surface area (Å²) < 4.78 is 2.20. The molecule has 1 aromatic carbocycles. The standard InChI is InChI=1S/C13H12N4S/c14-9-4-1-3-8(7-9)12-15-16-13-17(12)10-5-2-6-11(10)18-13/h1,3-4,7H,2,5-6,14H2. The Balaban J connectivity index is 2.00. The van der Waals surface area contributed by atoms with Gasteiger partial charge in [0.2, 0.25) is 4.96 Å². The zero-order valence-electron chi connectivity index (χ0n) is 9.76. The van der Waals surface area contributed by atoms with Gasteiger partial charge in [-0.15, -0.1) is 10.2 Å². The average Bonchev–Trinajstić information content (AvgIpc) is 2.99. The van der Waals surface area contributed by atoms with Gasteiger partial charge in [-0.2, -0.15) is 0 Å². The topological polar surface area (TPSA) is 56.2 Å². The van der Waals surface area contributed by atoms with Gasteiger partial charge in [-0.05, 0) is 31.4 Å². The molecule has 90 valence electrons. The molecule has 0 fully saturated rings. The molecule has 2 N–H and O–H groups in total. The van der Waals surface area contributed by atoms with Crippen molar-refractivity contribution in [3.8, 4) is 11.4 Å². The maximum Gasteiger partial charge on any atom is 0.216 e. The Labute approximate surface area is 108 Å². The van der Waals surface area contributed by atoms with Gasteiger partial charge in [0.05, 0.1) is 0 Å². The summed E-state index contributed by atoms with van der Waals surface area (Å²) in [4.78, 5) is 2.46. The lowest BCUT2D eigenvalue weighted by molar-refractivity contribution is 0.888. The molecule has 2 heterocycles. The molecule has 0 atom stereocenters. The molecule has 0 bridgehead atoms. The summed E-state index contributed by atoms with van der Waals surface area (Å²) in [5.74, 6) is 0.914. The third kappa shape index (κ3) is 1.31. The number of aryl methyl sites for hydroxylation is 2. The van der Waals surface area contributed by atoms with Crippen molar-refractivity contribution in [3.05, 3.63) is 34.8 Å². The maximum atomic E-state index is 5.84. The third-order valence-corrected chi connectivity index (χ3v) is 4.53. The molecule has 4 nitrogen and oxygen atoms in total. The Morgan fingerprint density at radius 2 is 2.17 bits per heavy atom. The van der Waals surface area contributed by atoms with Crippen molar-refractivity contribution in [2.45, 2.75) is 19.3 Å². The van der Waals surface area contributed by atoms with Crippen LogP contribution in [-0.4, -0.2) is 14.6 Å². The quantitative estimate of drug-likeness (QED) is 0.681. The molecular weight excluding hydrogens is 244 g/mol. The van der Waals surface area contributed by atoms with E-state index in [1.807, 2.05) is 24.3 Å². The zero-order valence-corrected chi connectivity index (χ0v) is 10.6. The molecule has 1 aliphatic rings. The lowest BCUT2D eigenvalue weighted by Gasteiger charge is -2.01. The van der Waals surface area contributed by atoms with E-state index in [2.05, 4.69) is 14.6 Å². The molecule has 3 aromatic rings. The van der Waals surface area contributed by atoms with E-state index in [0.717, 1.165) is 28.5 Å². The fourth-order valence-electron chi connectivity index (χ4n) is 2.60. The summed E-state index contributed by atoms with van der Waals surface area (Å²) in [6.07, 6.45) is 3.55. The van der Waals surface area contributed by atoms with Crippen molar-refractivity contribution in [2.24, 2.45) is 0 Å². The van der Waals surface area contributed by atoms with E-state index in [4.69, 9.17) is 5.73 Å². The lowest BCUT2D eigenvalue weighted by atomic mass is 10.2. The van der Waals surface area contributed by atoms with E-state index in [0.29, 0.717) is 0 Å². The normalized spacial score (nSPS) is 14.2. The van der Waals surface area contributed by atoms with Crippen molar-refractivity contribution >= 4 is 22.0 Å². The molecule has 2 aromatic heterocycles. The monoisotopic (exact) mass is 256 g/mol. The van der Waals surface area contributed by atoms with Crippen LogP contribution in [0.4, 0.5) is 5.69 Å². The Kier molecular flexibility index (Phi) is 1.99. The van der Waals surface area contributed by atoms with Crippen molar-refractivity contribution in [1.29, 1.82) is 0 Å². The van der Waals surface area contributed by atoms with Gasteiger partial charge in [-0.25, -0.2) is 0 Å². The SMILES string of the molecule is Nc1cccc(-c2nnc3sc4c(n23)CCC4)c1. The summed E-state index contributed by atoms with van der Waals surface area (Å²) in [5, 5.41) is 8.59. The number of rotatable bonds is 1. The highest BCUT2D eigenvalue weighted by molar-refractivity contribution is 7.17. The van der Waals surface area contributed by atoms with Crippen LogP contribution < -0.4 is 5.73 Å². The minimum atomic E-state index is 0.760. The second-order valence-corrected chi connectivity index (χ2v) is 5.65. The first-order valence-electron chi connectivity index (χ1n) is 6.04. The Bertz CT molecular complexity index is 741. The number of fused-ring (bicyclic) bond motifs is 3. The van der Waals surface area contributed by atoms with E-state index in [9.17, 15) is 0 Å². The highest BCUT2D eigenvalue weighted by Crippen LogP contribution is 2.33. The third-order valence-electron chi connectivity index (χ3n) is 3.40. The Morgan fingerprint density at radius 3 is 3.06 bits per heavy atom. The minimum absolute atomic E-state index is 0.760. The van der Waals surface area contributed by atoms with Gasteiger partial charge in [0.25, 0.3) is 0 Å². The maximum absolute atomic E-state index is 5.84. The fourth-order valence-corrected chi connectivity index (χ4v) is 3.75. The smallest absolute Gasteiger partial charge is 0.216 e. The molecule has 5 heteroatoms. The highest BCUT2D eigenvalue weighted by Gasteiger charge is 2.22. The number of aromatic nitrogens is 3. The Morgan fingerprint density at radius 1 is 1.22 bits per heavy atom. The van der Waals surface area contributed by atoms with Crippen LogP contribution in [0.3, 0.4) is 0 Å². The van der Waals surface area contributed by atoms with Crippen LogP contribution in [0.5, 0.6) is 0 Å². The molecule has 0 spiro atoms. The van der Waals surface area contributed by atoms with E-state index < -0.39 is 0 Å². The molecule has 18 heavy (non-hydrogen) atoms. The number of hydrogen-bond donors (Lipinski definition) is 1. The summed E-state index contributed by atoms with van der Waals surface area (Å²) in [6, 6.07) is 7.83. The molecule has 1 aliphatic carbocycles. The molecular formula is C13H12N4S. The second kappa shape index (κ2) is 3.55. The van der Waals surface area contributed by atoms with Gasteiger partial charge in [0.15, 0.2) is 5.82 Å². The van der Waals surface area contributed by atoms with Crippen molar-refractivity contribution in [2.75, 3.05) is 5.73 Å². The van der Waals surface area contributed by atoms with Crippen LogP contribution in [0.2, 0.25) is 0 Å². The van der Waals surface area contributed by atoms with Crippen LogP contribution in [0.15, 0.2) is 24.3 Å².